The van der Waals surface area contributed by atoms with E-state index in [1.54, 1.807) is 0 Å². The van der Waals surface area contributed by atoms with Gasteiger partial charge in [-0.3, -0.25) is 4.68 Å². The van der Waals surface area contributed by atoms with E-state index in [1.165, 1.54) is 11.3 Å². The van der Waals surface area contributed by atoms with Crippen molar-refractivity contribution in [3.05, 3.63) is 17.5 Å². The van der Waals surface area contributed by atoms with Crippen LogP contribution in [-0.4, -0.2) is 21.5 Å². The molecule has 1 aromatic heterocycles. The molecule has 14 heavy (non-hydrogen) atoms. The van der Waals surface area contributed by atoms with Crippen molar-refractivity contribution in [2.75, 3.05) is 6.61 Å². The van der Waals surface area contributed by atoms with Gasteiger partial charge in [-0.05, 0) is 46.1 Å². The minimum absolute atomic E-state index is 0.0432. The second-order valence-corrected chi connectivity index (χ2v) is 4.67. The van der Waals surface area contributed by atoms with Crippen molar-refractivity contribution >= 4 is 0 Å². The van der Waals surface area contributed by atoms with E-state index < -0.39 is 0 Å². The summed E-state index contributed by atoms with van der Waals surface area (Å²) in [5, 5.41) is 13.1. The van der Waals surface area contributed by atoms with Gasteiger partial charge in [0.1, 0.15) is 0 Å². The molecule has 1 rings (SSSR count). The van der Waals surface area contributed by atoms with Crippen molar-refractivity contribution in [2.24, 2.45) is 0 Å². The van der Waals surface area contributed by atoms with Crippen LogP contribution in [0.4, 0.5) is 0 Å². The number of aryl methyl sites for hydroxylation is 1. The lowest BCUT2D eigenvalue weighted by molar-refractivity contribution is 0.288. The van der Waals surface area contributed by atoms with Gasteiger partial charge >= 0.3 is 0 Å². The topological polar surface area (TPSA) is 38.1 Å². The lowest BCUT2D eigenvalue weighted by Gasteiger charge is -2.21. The lowest BCUT2D eigenvalue weighted by Crippen LogP contribution is -2.24. The van der Waals surface area contributed by atoms with Crippen LogP contribution in [0.25, 0.3) is 0 Å². The highest BCUT2D eigenvalue weighted by Crippen LogP contribution is 2.18. The predicted octanol–water partition coefficient (Wildman–Crippen LogP) is 1.87. The molecule has 0 aromatic carbocycles. The number of hydrogen-bond acceptors (Lipinski definition) is 2. The fraction of sp³-hybridized carbons (Fsp3) is 0.727. The molecule has 1 heterocycles. The Morgan fingerprint density at radius 2 is 2.07 bits per heavy atom. The van der Waals surface area contributed by atoms with Crippen LogP contribution in [0, 0.1) is 6.92 Å². The van der Waals surface area contributed by atoms with Crippen LogP contribution in [0.3, 0.4) is 0 Å². The lowest BCUT2D eigenvalue weighted by atomic mass is 10.1. The Morgan fingerprint density at radius 3 is 2.50 bits per heavy atom. The molecule has 0 atom stereocenters. The second kappa shape index (κ2) is 4.13. The molecule has 80 valence electrons. The monoisotopic (exact) mass is 196 g/mol. The summed E-state index contributed by atoms with van der Waals surface area (Å²) in [5.74, 6) is 0. The third kappa shape index (κ3) is 2.35. The van der Waals surface area contributed by atoms with Crippen LogP contribution in [0.5, 0.6) is 0 Å². The minimum atomic E-state index is 0.0432. The maximum atomic E-state index is 8.76. The van der Waals surface area contributed by atoms with Crippen molar-refractivity contribution in [3.63, 3.8) is 0 Å². The molecule has 0 aliphatic rings. The molecule has 0 unspecified atom stereocenters. The van der Waals surface area contributed by atoms with Crippen molar-refractivity contribution < 1.29 is 5.11 Å². The van der Waals surface area contributed by atoms with Gasteiger partial charge < -0.3 is 5.11 Å². The first kappa shape index (κ1) is 11.2. The van der Waals surface area contributed by atoms with Crippen molar-refractivity contribution in [1.29, 1.82) is 0 Å². The van der Waals surface area contributed by atoms with Gasteiger partial charge in [0.05, 0.1) is 11.7 Å². The summed E-state index contributed by atoms with van der Waals surface area (Å²) >= 11 is 0. The third-order valence-corrected chi connectivity index (χ3v) is 2.35. The molecule has 0 amide bonds. The first-order valence-electron chi connectivity index (χ1n) is 5.11. The zero-order valence-electron chi connectivity index (χ0n) is 9.54. The van der Waals surface area contributed by atoms with E-state index in [9.17, 15) is 0 Å². The van der Waals surface area contributed by atoms with Gasteiger partial charge in [0, 0.05) is 12.3 Å². The third-order valence-electron chi connectivity index (χ3n) is 2.35. The van der Waals surface area contributed by atoms with E-state index in [1.807, 2.05) is 10.9 Å². The molecule has 0 fully saturated rings. The molecule has 0 saturated carbocycles. The molecule has 0 aliphatic carbocycles. The quantitative estimate of drug-likeness (QED) is 0.801. The first-order chi connectivity index (χ1) is 6.46. The fourth-order valence-corrected chi connectivity index (χ4v) is 1.63. The van der Waals surface area contributed by atoms with Crippen LogP contribution in [0.1, 0.15) is 38.4 Å². The molecule has 3 heteroatoms. The second-order valence-electron chi connectivity index (χ2n) is 4.67. The smallest absolute Gasteiger partial charge is 0.0546 e. The maximum absolute atomic E-state index is 8.76. The van der Waals surface area contributed by atoms with Crippen LogP contribution < -0.4 is 0 Å². The molecular formula is C11H20N2O. The zero-order chi connectivity index (χ0) is 10.8. The predicted molar refractivity (Wildman–Crippen MR) is 57.4 cm³/mol. The average Bonchev–Trinajstić information content (AvgIpc) is 2.42. The van der Waals surface area contributed by atoms with Gasteiger partial charge in [-0.2, -0.15) is 5.10 Å². The largest absolute Gasteiger partial charge is 0.396 e. The average molecular weight is 196 g/mol. The molecule has 0 bridgehead atoms. The number of aliphatic hydroxyl groups is 1. The fourth-order valence-electron chi connectivity index (χ4n) is 1.63. The van der Waals surface area contributed by atoms with E-state index in [4.69, 9.17) is 5.11 Å². The van der Waals surface area contributed by atoms with Gasteiger partial charge in [0.15, 0.2) is 0 Å². The van der Waals surface area contributed by atoms with E-state index in [0.29, 0.717) is 0 Å². The summed E-state index contributed by atoms with van der Waals surface area (Å²) in [6, 6.07) is 0. The Balaban J connectivity index is 2.86. The van der Waals surface area contributed by atoms with E-state index in [0.717, 1.165) is 12.8 Å². The maximum Gasteiger partial charge on any atom is 0.0546 e. The Hall–Kier alpha value is -0.830. The van der Waals surface area contributed by atoms with Gasteiger partial charge in [-0.25, -0.2) is 0 Å². The summed E-state index contributed by atoms with van der Waals surface area (Å²) in [4.78, 5) is 0. The van der Waals surface area contributed by atoms with E-state index >= 15 is 0 Å². The van der Waals surface area contributed by atoms with Crippen molar-refractivity contribution in [3.8, 4) is 0 Å². The highest BCUT2D eigenvalue weighted by Gasteiger charge is 2.17. The number of hydrogen-bond donors (Lipinski definition) is 1. The standard InChI is InChI=1S/C11H20N2O/c1-9-10(6-5-7-14)8-12-13(9)11(2,3)4/h8,14H,5-7H2,1-4H3. The first-order valence-corrected chi connectivity index (χ1v) is 5.11. The van der Waals surface area contributed by atoms with Crippen LogP contribution in [0.15, 0.2) is 6.20 Å². The number of nitrogens with zero attached hydrogens (tertiary/aromatic N) is 2. The number of aliphatic hydroxyl groups excluding tert-OH is 1. The van der Waals surface area contributed by atoms with Gasteiger partial charge in [0.25, 0.3) is 0 Å². The number of aromatic nitrogens is 2. The molecule has 0 aliphatic heterocycles. The molecule has 3 nitrogen and oxygen atoms in total. The van der Waals surface area contributed by atoms with Gasteiger partial charge in [-0.15, -0.1) is 0 Å². The van der Waals surface area contributed by atoms with Crippen LogP contribution in [-0.2, 0) is 12.0 Å². The highest BCUT2D eigenvalue weighted by molar-refractivity contribution is 5.17. The Bertz CT molecular complexity index is 297. The summed E-state index contributed by atoms with van der Waals surface area (Å²) in [7, 11) is 0. The van der Waals surface area contributed by atoms with E-state index in [-0.39, 0.29) is 12.1 Å². The molecule has 0 saturated heterocycles. The number of rotatable bonds is 3. The van der Waals surface area contributed by atoms with Gasteiger partial charge in [-0.1, -0.05) is 0 Å². The Kier molecular flexibility index (Phi) is 3.32. The normalized spacial score (nSPS) is 12.1. The highest BCUT2D eigenvalue weighted by atomic mass is 16.2. The Morgan fingerprint density at radius 1 is 1.43 bits per heavy atom. The SMILES string of the molecule is Cc1c(CCCO)cnn1C(C)(C)C. The molecular weight excluding hydrogens is 176 g/mol. The van der Waals surface area contributed by atoms with Gasteiger partial charge in [0.2, 0.25) is 0 Å². The van der Waals surface area contributed by atoms with Crippen molar-refractivity contribution in [2.45, 2.75) is 46.1 Å². The summed E-state index contributed by atoms with van der Waals surface area (Å²) in [5.41, 5.74) is 2.50. The summed E-state index contributed by atoms with van der Waals surface area (Å²) < 4.78 is 2.04. The summed E-state index contributed by atoms with van der Waals surface area (Å²) in [6.45, 7) is 8.76. The van der Waals surface area contributed by atoms with Crippen LogP contribution in [0.2, 0.25) is 0 Å². The Labute approximate surface area is 85.8 Å². The molecule has 0 radical (unpaired) electrons. The van der Waals surface area contributed by atoms with Crippen molar-refractivity contribution in [1.82, 2.24) is 9.78 Å². The minimum Gasteiger partial charge on any atom is -0.396 e. The zero-order valence-corrected chi connectivity index (χ0v) is 9.54. The summed E-state index contributed by atoms with van der Waals surface area (Å²) in [6.07, 6.45) is 3.64. The van der Waals surface area contributed by atoms with Crippen LogP contribution >= 0.6 is 0 Å². The molecule has 1 N–H and O–H groups in total. The molecule has 0 spiro atoms. The van der Waals surface area contributed by atoms with E-state index in [2.05, 4.69) is 32.8 Å². The molecule has 1 aromatic rings.